The van der Waals surface area contributed by atoms with Crippen molar-refractivity contribution < 1.29 is 20.4 Å². The van der Waals surface area contributed by atoms with Crippen molar-refractivity contribution in [2.24, 2.45) is 32.5 Å². The first kappa shape index (κ1) is 25.9. The van der Waals surface area contributed by atoms with E-state index >= 15 is 0 Å². The molecule has 0 aromatic heterocycles. The van der Waals surface area contributed by atoms with Crippen LogP contribution in [0.5, 0.6) is 0 Å². The van der Waals surface area contributed by atoms with Gasteiger partial charge in [-0.05, 0) is 6.92 Å². The molecule has 0 aliphatic heterocycles. The lowest BCUT2D eigenvalue weighted by molar-refractivity contribution is -0.0916. The van der Waals surface area contributed by atoms with Gasteiger partial charge in [0.25, 0.3) is 0 Å². The molecule has 12 N–H and O–H groups in total. The molecule has 0 spiro atoms. The second kappa shape index (κ2) is 15.0. The standard InChI is InChI=1S/C6H12Br2O4.C5H12N8/c7-1-3(9)5(11)6(12)4(10)2-8;1-3(11-13-5(8)9)2-10-12-4(6)7/h3-6,9-12H,1-2H2;2H,1H3,(H4,6,7,12)(H4,8,9,13)/b;10-2+,11-3+/t3-,4+,5+,6-;. The summed E-state index contributed by atoms with van der Waals surface area (Å²) in [6.07, 6.45) is -3.50. The molecule has 14 heteroatoms. The maximum absolute atomic E-state index is 9.18. The number of rotatable bonds is 8. The van der Waals surface area contributed by atoms with E-state index in [4.69, 9.17) is 32.8 Å². The fourth-order valence-electron chi connectivity index (χ4n) is 0.995. The molecule has 0 fully saturated rings. The maximum Gasteiger partial charge on any atom is 0.211 e. The van der Waals surface area contributed by atoms with E-state index in [0.717, 1.165) is 0 Å². The Morgan fingerprint density at radius 2 is 1.48 bits per heavy atom. The first-order valence-electron chi connectivity index (χ1n) is 6.67. The Bertz CT molecular complexity index is 459. The minimum atomic E-state index is -1.34. The molecular weight excluding hydrogens is 468 g/mol. The normalized spacial score (nSPS) is 16.2. The van der Waals surface area contributed by atoms with Crippen LogP contribution in [0, 0.1) is 5.41 Å². The Balaban J connectivity index is 0. The summed E-state index contributed by atoms with van der Waals surface area (Å²) in [4.78, 5) is 0. The van der Waals surface area contributed by atoms with Crippen LogP contribution in [-0.4, -0.2) is 79.3 Å². The Morgan fingerprint density at radius 3 is 1.80 bits per heavy atom. The molecule has 146 valence electrons. The van der Waals surface area contributed by atoms with Crippen LogP contribution in [0.3, 0.4) is 0 Å². The molecule has 0 saturated carbocycles. The Hall–Kier alpha value is -1.32. The van der Waals surface area contributed by atoms with Gasteiger partial charge >= 0.3 is 0 Å². The summed E-state index contributed by atoms with van der Waals surface area (Å²) in [5.74, 6) is -0.391. The quantitative estimate of drug-likeness (QED) is 0.0748. The number of halogens is 2. The number of aliphatic hydroxyl groups excluding tert-OH is 4. The first-order valence-corrected chi connectivity index (χ1v) is 8.91. The average molecular weight is 492 g/mol. The van der Waals surface area contributed by atoms with Crippen molar-refractivity contribution in [1.82, 2.24) is 5.43 Å². The predicted molar refractivity (Wildman–Crippen MR) is 104 cm³/mol. The molecule has 0 radical (unpaired) electrons. The molecule has 25 heavy (non-hydrogen) atoms. The van der Waals surface area contributed by atoms with Gasteiger partial charge in [-0.25, -0.2) is 5.43 Å². The topological polar surface area (TPSA) is 232 Å². The van der Waals surface area contributed by atoms with Crippen molar-refractivity contribution in [3.05, 3.63) is 0 Å². The highest BCUT2D eigenvalue weighted by atomic mass is 79.9. The molecule has 0 aromatic carbocycles. The average Bonchev–Trinajstić information content (AvgIpc) is 2.57. The number of guanidine groups is 2. The highest BCUT2D eigenvalue weighted by molar-refractivity contribution is 9.09. The van der Waals surface area contributed by atoms with E-state index in [1.807, 2.05) is 0 Å². The summed E-state index contributed by atoms with van der Waals surface area (Å²) in [6.45, 7) is 1.64. The molecule has 0 bridgehead atoms. The smallest absolute Gasteiger partial charge is 0.211 e. The molecule has 0 aliphatic carbocycles. The van der Waals surface area contributed by atoms with E-state index in [-0.39, 0.29) is 22.6 Å². The van der Waals surface area contributed by atoms with Gasteiger partial charge in [0.15, 0.2) is 0 Å². The van der Waals surface area contributed by atoms with Crippen LogP contribution in [0.25, 0.3) is 0 Å². The SMILES string of the molecule is CC(/C=N/NC(=N)N)=N\N=C(N)N.O[C@H]([C@H](O)[C@@H](O)CBr)[C@H](O)CBr. The fourth-order valence-corrected chi connectivity index (χ4v) is 1.76. The molecule has 4 atom stereocenters. The number of hydrogen-bond donors (Lipinski definition) is 9. The van der Waals surface area contributed by atoms with Crippen molar-refractivity contribution in [3.63, 3.8) is 0 Å². The minimum absolute atomic E-state index is 0.132. The molecule has 0 unspecified atom stereocenters. The van der Waals surface area contributed by atoms with Crippen LogP contribution in [0.4, 0.5) is 0 Å². The number of nitrogens with two attached hydrogens (primary N) is 3. The summed E-state index contributed by atoms with van der Waals surface area (Å²) < 4.78 is 0. The third-order valence-electron chi connectivity index (χ3n) is 2.21. The van der Waals surface area contributed by atoms with E-state index < -0.39 is 24.4 Å². The molecular formula is C11H24Br2N8O4. The van der Waals surface area contributed by atoms with Gasteiger partial charge in [0.1, 0.15) is 12.2 Å². The zero-order chi connectivity index (χ0) is 20.0. The van der Waals surface area contributed by atoms with Crippen LogP contribution in [-0.2, 0) is 0 Å². The van der Waals surface area contributed by atoms with Gasteiger partial charge < -0.3 is 37.6 Å². The number of aliphatic hydroxyl groups is 4. The Morgan fingerprint density at radius 1 is 1.04 bits per heavy atom. The lowest BCUT2D eigenvalue weighted by atomic mass is 10.1. The number of nitrogens with zero attached hydrogens (tertiary/aromatic N) is 3. The second-order valence-electron chi connectivity index (χ2n) is 4.47. The highest BCUT2D eigenvalue weighted by Gasteiger charge is 2.28. The van der Waals surface area contributed by atoms with Gasteiger partial charge in [-0.2, -0.15) is 10.2 Å². The van der Waals surface area contributed by atoms with E-state index in [1.165, 1.54) is 6.21 Å². The van der Waals surface area contributed by atoms with Gasteiger partial charge in [0.2, 0.25) is 11.9 Å². The van der Waals surface area contributed by atoms with Crippen molar-refractivity contribution in [2.75, 3.05) is 10.7 Å². The van der Waals surface area contributed by atoms with Crippen molar-refractivity contribution in [3.8, 4) is 0 Å². The molecule has 0 heterocycles. The van der Waals surface area contributed by atoms with Gasteiger partial charge in [0.05, 0.1) is 24.1 Å². The summed E-state index contributed by atoms with van der Waals surface area (Å²) in [5.41, 5.74) is 17.7. The van der Waals surface area contributed by atoms with E-state index in [0.29, 0.717) is 5.71 Å². The van der Waals surface area contributed by atoms with Crippen molar-refractivity contribution in [2.45, 2.75) is 31.3 Å². The second-order valence-corrected chi connectivity index (χ2v) is 5.77. The zero-order valence-electron chi connectivity index (χ0n) is 13.4. The molecule has 0 aromatic rings. The Labute approximate surface area is 161 Å². The van der Waals surface area contributed by atoms with Gasteiger partial charge in [-0.3, -0.25) is 5.41 Å². The molecule has 0 aliphatic rings. The summed E-state index contributed by atoms with van der Waals surface area (Å²) in [6, 6.07) is 0. The summed E-state index contributed by atoms with van der Waals surface area (Å²) in [7, 11) is 0. The van der Waals surface area contributed by atoms with Crippen LogP contribution >= 0.6 is 31.9 Å². The van der Waals surface area contributed by atoms with E-state index in [1.54, 1.807) is 6.92 Å². The monoisotopic (exact) mass is 490 g/mol. The lowest BCUT2D eigenvalue weighted by Gasteiger charge is -2.24. The van der Waals surface area contributed by atoms with E-state index in [2.05, 4.69) is 52.6 Å². The number of alkyl halides is 2. The fraction of sp³-hybridized carbons (Fsp3) is 0.636. The highest BCUT2D eigenvalue weighted by Crippen LogP contribution is 2.08. The van der Waals surface area contributed by atoms with Crippen LogP contribution in [0.1, 0.15) is 6.92 Å². The first-order chi connectivity index (χ1) is 11.6. The van der Waals surface area contributed by atoms with Gasteiger partial charge in [-0.1, -0.05) is 31.9 Å². The minimum Gasteiger partial charge on any atom is -0.389 e. The van der Waals surface area contributed by atoms with Crippen molar-refractivity contribution >= 4 is 55.7 Å². The molecule has 0 rings (SSSR count). The van der Waals surface area contributed by atoms with Crippen LogP contribution in [0.15, 0.2) is 15.3 Å². The largest absolute Gasteiger partial charge is 0.389 e. The molecule has 12 nitrogen and oxygen atoms in total. The zero-order valence-corrected chi connectivity index (χ0v) is 16.6. The summed E-state index contributed by atoms with van der Waals surface area (Å²) >= 11 is 5.88. The van der Waals surface area contributed by atoms with Gasteiger partial charge in [0, 0.05) is 10.7 Å². The van der Waals surface area contributed by atoms with Gasteiger partial charge in [-0.15, -0.1) is 5.10 Å². The molecule has 0 saturated heterocycles. The lowest BCUT2D eigenvalue weighted by Crippen LogP contribution is -2.45. The van der Waals surface area contributed by atoms with Crippen molar-refractivity contribution in [1.29, 1.82) is 5.41 Å². The third-order valence-corrected chi connectivity index (χ3v) is 3.54. The Kier molecular flexibility index (Phi) is 15.5. The summed E-state index contributed by atoms with van der Waals surface area (Å²) in [5, 5.41) is 54.0. The molecule has 0 amide bonds. The predicted octanol–water partition coefficient (Wildman–Crippen LogP) is -2.68. The third kappa shape index (κ3) is 14.7. The number of hydrazone groups is 1. The number of hydrogen-bond acceptors (Lipinski definition) is 8. The number of nitrogens with one attached hydrogen (secondary N) is 2. The van der Waals surface area contributed by atoms with E-state index in [9.17, 15) is 10.2 Å². The van der Waals surface area contributed by atoms with Crippen LogP contribution in [0.2, 0.25) is 0 Å². The maximum atomic E-state index is 9.18. The van der Waals surface area contributed by atoms with Crippen LogP contribution < -0.4 is 22.6 Å².